The third-order valence-electron chi connectivity index (χ3n) is 18.1. The van der Waals surface area contributed by atoms with Gasteiger partial charge in [-0.3, -0.25) is 24.0 Å². The number of carbonyl (C=O) groups excluding carboxylic acids is 5. The Morgan fingerprint density at radius 1 is 0.455 bits per heavy atom. The highest BCUT2D eigenvalue weighted by molar-refractivity contribution is 6.49. The molecule has 5 amide bonds. The van der Waals surface area contributed by atoms with Crippen LogP contribution in [0.15, 0.2) is 127 Å². The van der Waals surface area contributed by atoms with Gasteiger partial charge in [0.2, 0.25) is 12.6 Å². The van der Waals surface area contributed by atoms with Crippen LogP contribution in [0.5, 0.6) is 17.2 Å². The molecule has 3 saturated heterocycles. The van der Waals surface area contributed by atoms with E-state index in [-0.39, 0.29) is 141 Å². The summed E-state index contributed by atoms with van der Waals surface area (Å²) in [5, 5.41) is 52.9. The van der Waals surface area contributed by atoms with Crippen molar-refractivity contribution in [1.82, 2.24) is 61.7 Å². The standard InChI is InChI=1S/C27H30BCl2FN6O4.C26H27Cl2FN6O3.C21H18BCl2FN4O5.C6H14N2/c1-27(2)14-37(12-11-33-27)25(39)15-5-7-16(8-6-15)34-24(38)19-13-20(23(32)36-35-19)40-26(41-28(3)4)21-17(29)9-10-18(31)22(21)30;1-14(21-17(27)8-9-18(29)22(21)28)38-20-12-19(33-34-23(20)30)24(36)32-16-6-4-15(5-7-16)25(37)35-11-10-31-26(2,3)13-35;1-22(2)34-21(16-12(23)7-8-13(25)17(16)24)33-15-9-14(28-29-18(15)26)19(30)27-11-5-3-10(4-6-11)20(31)32;1-6(2)5-7-3-4-8-6/h5-10,13,26,33H,11-12,14H2,1-4H3,(H2,32,36)(H,34,38);4-9,12,14,31H,10-11,13H2,1-3H3,(H2,30,34)(H,32,36);3-9,21H,1-2H3,(H2,26,29)(H,27,30)(H,31,32);7-8H,3-5H2,1-2H3/t26-;14-;21-;/m111./s1. The lowest BCUT2D eigenvalue weighted by Gasteiger charge is -2.39. The van der Waals surface area contributed by atoms with Gasteiger partial charge < -0.3 is 92.8 Å². The lowest BCUT2D eigenvalue weighted by Crippen LogP contribution is -2.58. The maximum atomic E-state index is 14.2. The lowest BCUT2D eigenvalue weighted by molar-refractivity contribution is 0.00217. The summed E-state index contributed by atoms with van der Waals surface area (Å²) in [6, 6.07) is 29.9. The van der Waals surface area contributed by atoms with Crippen molar-refractivity contribution in [3.8, 4) is 17.2 Å². The Kier molecular flexibility index (Phi) is 32.7. The van der Waals surface area contributed by atoms with E-state index in [9.17, 15) is 41.9 Å². The van der Waals surface area contributed by atoms with Crippen LogP contribution in [0.25, 0.3) is 0 Å². The first-order chi connectivity index (χ1) is 57.1. The SMILES string of the molecule is CB(C)O[C@@H](Oc1cc(C(=O)Nc2ccc(C(=O)N3CCNC(C)(C)C3)cc2)nnc1N)c1c(Cl)ccc(F)c1Cl.CB(C)O[C@@H](Oc1cc(C(=O)Nc2ccc(C(=O)O)cc2)nnc1N)c1c(Cl)ccc(F)c1Cl.CC1(C)CNCCN1.C[C@@H](Oc1cc(C(=O)Nc2ccc(C(=O)N3CCNC(C)(C)C3)cc2)nnc1N)c1c(Cl)ccc(F)c1Cl. The van der Waals surface area contributed by atoms with Crippen molar-refractivity contribution in [3.05, 3.63) is 225 Å². The van der Waals surface area contributed by atoms with E-state index < -0.39 is 59.8 Å². The number of piperazine rings is 3. The van der Waals surface area contributed by atoms with E-state index in [4.69, 9.17) is 115 Å². The molecule has 3 fully saturated rings. The number of benzene rings is 6. The van der Waals surface area contributed by atoms with Crippen LogP contribution < -0.4 is 68.6 Å². The van der Waals surface area contributed by atoms with Crippen molar-refractivity contribution in [3.63, 3.8) is 0 Å². The van der Waals surface area contributed by atoms with Crippen LogP contribution >= 0.6 is 69.6 Å². The lowest BCUT2D eigenvalue weighted by atomic mass is 9.75. The normalized spacial score (nSPS) is 15.1. The van der Waals surface area contributed by atoms with E-state index in [0.29, 0.717) is 66.5 Å². The molecule has 640 valence electrons. The second-order valence-corrected chi connectivity index (χ2v) is 32.6. The van der Waals surface area contributed by atoms with Crippen molar-refractivity contribution in [2.24, 2.45) is 0 Å². The summed E-state index contributed by atoms with van der Waals surface area (Å²) in [6.45, 7) is 27.6. The summed E-state index contributed by atoms with van der Waals surface area (Å²) >= 11 is 37.0. The van der Waals surface area contributed by atoms with Crippen molar-refractivity contribution in [2.75, 3.05) is 92.1 Å². The average molecular weight is 1790 g/mol. The number of aromatic carboxylic acids is 1. The molecule has 6 aromatic carbocycles. The Labute approximate surface area is 727 Å². The molecule has 0 radical (unpaired) electrons. The van der Waals surface area contributed by atoms with E-state index in [1.54, 1.807) is 92.5 Å². The number of hydrogen-bond donors (Lipinski definition) is 11. The highest BCUT2D eigenvalue weighted by atomic mass is 35.5. The molecular weight excluding hydrogens is 1700 g/mol. The first-order valence-corrected chi connectivity index (χ1v) is 40.0. The van der Waals surface area contributed by atoms with Gasteiger partial charge in [0.15, 0.2) is 51.8 Å². The van der Waals surface area contributed by atoms with Crippen LogP contribution in [0.1, 0.15) is 146 Å². The summed E-state index contributed by atoms with van der Waals surface area (Å²) < 4.78 is 71.3. The number of aromatic nitrogens is 6. The summed E-state index contributed by atoms with van der Waals surface area (Å²) in [5.41, 5.74) is 20.0. The third kappa shape index (κ3) is 26.3. The van der Waals surface area contributed by atoms with Crippen LogP contribution in [0, 0.1) is 17.5 Å². The zero-order valence-electron chi connectivity index (χ0n) is 67.5. The van der Waals surface area contributed by atoms with Gasteiger partial charge in [-0.15, -0.1) is 30.6 Å². The molecule has 0 spiro atoms. The van der Waals surface area contributed by atoms with Gasteiger partial charge in [0, 0.05) is 132 Å². The van der Waals surface area contributed by atoms with Crippen molar-refractivity contribution in [1.29, 1.82) is 0 Å². The molecule has 121 heavy (non-hydrogen) atoms. The molecule has 6 heterocycles. The van der Waals surface area contributed by atoms with Crippen molar-refractivity contribution in [2.45, 2.75) is 111 Å². The maximum Gasteiger partial charge on any atom is 0.335 e. The summed E-state index contributed by atoms with van der Waals surface area (Å²) in [5.74, 6) is -5.62. The van der Waals surface area contributed by atoms with Gasteiger partial charge in [-0.1, -0.05) is 96.9 Å². The zero-order valence-corrected chi connectivity index (χ0v) is 72.1. The number of nitrogens with zero attached hydrogens (tertiary/aromatic N) is 8. The second kappa shape index (κ2) is 41.9. The first-order valence-electron chi connectivity index (χ1n) is 37.7. The van der Waals surface area contributed by atoms with Gasteiger partial charge in [-0.25, -0.2) is 18.0 Å². The van der Waals surface area contributed by atoms with E-state index in [2.05, 4.69) is 81.7 Å². The minimum Gasteiger partial charge on any atom is -0.482 e. The van der Waals surface area contributed by atoms with Crippen LogP contribution in [0.3, 0.4) is 0 Å². The van der Waals surface area contributed by atoms with Gasteiger partial charge in [-0.05, 0) is 158 Å². The van der Waals surface area contributed by atoms with E-state index in [1.165, 1.54) is 60.7 Å². The Morgan fingerprint density at radius 3 is 1.08 bits per heavy atom. The first kappa shape index (κ1) is 94.5. The van der Waals surface area contributed by atoms with Gasteiger partial charge in [-0.2, -0.15) is 0 Å². The molecular formula is C80H89B2Cl6F3N18O12. The van der Waals surface area contributed by atoms with Crippen molar-refractivity contribution < 1.29 is 70.6 Å². The smallest absolute Gasteiger partial charge is 0.335 e. The summed E-state index contributed by atoms with van der Waals surface area (Å²) in [4.78, 5) is 78.9. The minimum atomic E-state index is -1.28. The summed E-state index contributed by atoms with van der Waals surface area (Å²) in [6.07, 6.45) is -3.35. The van der Waals surface area contributed by atoms with E-state index in [1.807, 2.05) is 27.7 Å². The number of rotatable bonds is 22. The minimum absolute atomic E-state index is 0.0396. The molecule has 9 aromatic rings. The molecule has 41 heteroatoms. The topological polar surface area (TPSA) is 415 Å². The molecule has 12 rings (SSSR count). The molecule has 3 aliphatic rings. The Balaban J connectivity index is 0.000000197. The van der Waals surface area contributed by atoms with Crippen LogP contribution in [-0.2, 0) is 9.31 Å². The molecule has 3 aromatic heterocycles. The number of carbonyl (C=O) groups is 6. The molecule has 14 N–H and O–H groups in total. The zero-order chi connectivity index (χ0) is 88.5. The Morgan fingerprint density at radius 2 is 0.777 bits per heavy atom. The largest absolute Gasteiger partial charge is 0.482 e. The Bertz CT molecular complexity index is 5230. The van der Waals surface area contributed by atoms with Gasteiger partial charge >= 0.3 is 5.97 Å². The third-order valence-corrected chi connectivity index (χ3v) is 20.2. The number of hydrogen-bond acceptors (Lipinski definition) is 24. The molecule has 3 aliphatic heterocycles. The van der Waals surface area contributed by atoms with Crippen LogP contribution in [-0.4, -0.2) is 170 Å². The molecule has 0 aliphatic carbocycles. The molecule has 0 bridgehead atoms. The molecule has 3 atom stereocenters. The number of nitrogen functional groups attached to an aromatic ring is 3. The molecule has 0 saturated carbocycles. The predicted molar refractivity (Wildman–Crippen MR) is 463 cm³/mol. The molecule has 0 unspecified atom stereocenters. The number of nitrogens with two attached hydrogens (primary N) is 3. The predicted octanol–water partition coefficient (Wildman–Crippen LogP) is 14.4. The second-order valence-electron chi connectivity index (χ2n) is 30.2. The monoisotopic (exact) mass is 1780 g/mol. The summed E-state index contributed by atoms with van der Waals surface area (Å²) in [7, 11) is 0. The fourth-order valence-corrected chi connectivity index (χ4v) is 13.9. The number of carboxylic acids is 1. The fraction of sp³-hybridized carbons (Fsp3) is 0.325. The highest BCUT2D eigenvalue weighted by Gasteiger charge is 2.34. The van der Waals surface area contributed by atoms with Gasteiger partial charge in [0.05, 0.1) is 41.8 Å². The van der Waals surface area contributed by atoms with E-state index in [0.717, 1.165) is 44.4 Å². The number of amides is 5. The molecule has 30 nitrogen and oxygen atoms in total. The number of carboxylic acid groups (broad SMARTS) is 1. The van der Waals surface area contributed by atoms with Crippen LogP contribution in [0.4, 0.5) is 47.7 Å². The fourth-order valence-electron chi connectivity index (χ4n) is 12.1. The van der Waals surface area contributed by atoms with Gasteiger partial charge in [0.1, 0.15) is 23.6 Å². The van der Waals surface area contributed by atoms with Gasteiger partial charge in [0.25, 0.3) is 43.4 Å². The number of nitrogens with one attached hydrogen (secondary N) is 7. The van der Waals surface area contributed by atoms with E-state index >= 15 is 0 Å². The average Bonchev–Trinajstić information content (AvgIpc) is 0.889. The number of anilines is 6. The van der Waals surface area contributed by atoms with Crippen LogP contribution in [0.2, 0.25) is 57.4 Å². The number of ether oxygens (including phenoxy) is 3. The Hall–Kier alpha value is -10.4. The maximum absolute atomic E-state index is 14.2. The quantitative estimate of drug-likeness (QED) is 0.0170. The highest BCUT2D eigenvalue weighted by Crippen LogP contribution is 2.41. The number of halogens is 9. The van der Waals surface area contributed by atoms with Crippen molar-refractivity contribution >= 4 is 153 Å².